The van der Waals surface area contributed by atoms with Crippen molar-refractivity contribution >= 4 is 17.6 Å². The predicted molar refractivity (Wildman–Crippen MR) is 98.4 cm³/mol. The zero-order chi connectivity index (χ0) is 18.5. The second-order valence-electron chi connectivity index (χ2n) is 6.39. The van der Waals surface area contributed by atoms with Crippen LogP contribution in [0.4, 0.5) is 0 Å². The molecule has 7 heteroatoms. The minimum Gasteiger partial charge on any atom is -0.379 e. The Balaban J connectivity index is 0. The van der Waals surface area contributed by atoms with Crippen molar-refractivity contribution in [1.29, 1.82) is 0 Å². The van der Waals surface area contributed by atoms with Crippen molar-refractivity contribution in [3.63, 3.8) is 0 Å². The molecule has 148 valence electrons. The fourth-order valence-corrected chi connectivity index (χ4v) is 2.75. The monoisotopic (exact) mass is 360 g/mol. The van der Waals surface area contributed by atoms with Crippen molar-refractivity contribution < 1.29 is 26.7 Å². The zero-order valence-electron chi connectivity index (χ0n) is 15.5. The van der Waals surface area contributed by atoms with Crippen LogP contribution in [0.3, 0.4) is 0 Å². The average molecular weight is 360 g/mol. The van der Waals surface area contributed by atoms with Gasteiger partial charge in [-0.05, 0) is 32.1 Å². The summed E-state index contributed by atoms with van der Waals surface area (Å²) >= 11 is 0. The van der Waals surface area contributed by atoms with Gasteiger partial charge in [-0.2, -0.15) is 0 Å². The molecular formula is C18H36N2O5. The molecule has 0 spiro atoms. The third kappa shape index (κ3) is 9.55. The van der Waals surface area contributed by atoms with Gasteiger partial charge in [-0.25, -0.2) is 0 Å². The first-order chi connectivity index (χ1) is 12.1. The van der Waals surface area contributed by atoms with Gasteiger partial charge >= 0.3 is 0 Å². The van der Waals surface area contributed by atoms with Crippen LogP contribution in [0.1, 0.15) is 55.2 Å². The number of hydrogen-bond donors (Lipinski definition) is 2. The van der Waals surface area contributed by atoms with Gasteiger partial charge in [-0.1, -0.05) is 13.8 Å². The molecule has 0 aliphatic heterocycles. The Kier molecular flexibility index (Phi) is 11.1. The average Bonchev–Trinajstić information content (AvgIpc) is 2.62. The molecule has 0 saturated heterocycles. The minimum atomic E-state index is -0.128. The highest BCUT2D eigenvalue weighted by atomic mass is 16.5. The van der Waals surface area contributed by atoms with Crippen LogP contribution >= 0.6 is 0 Å². The quantitative estimate of drug-likeness (QED) is 0.517. The van der Waals surface area contributed by atoms with Crippen LogP contribution in [-0.2, 0) is 23.9 Å². The summed E-state index contributed by atoms with van der Waals surface area (Å²) in [7, 11) is 0. The standard InChI is InChI=1S/C18H32N2O5.2H2/c1-3-9-24-10-11-25-13-17(22)20-15-7-5-14(6-8-15)18(23)19-12-16(21)4-2;;/h14-15H,3-13H2,1-2H3,(H,19,23)(H,20,22);2*1H. The molecule has 0 aromatic heterocycles. The zero-order valence-corrected chi connectivity index (χ0v) is 15.5. The normalized spacial score (nSPS) is 20.1. The maximum absolute atomic E-state index is 12.0. The number of carbonyl (C=O) groups excluding carboxylic acids is 3. The summed E-state index contributed by atoms with van der Waals surface area (Å²) in [6.07, 6.45) is 4.39. The Labute approximate surface area is 153 Å². The molecule has 2 amide bonds. The van der Waals surface area contributed by atoms with Gasteiger partial charge in [0.05, 0.1) is 19.8 Å². The summed E-state index contributed by atoms with van der Waals surface area (Å²) < 4.78 is 10.5. The maximum atomic E-state index is 12.0. The predicted octanol–water partition coefficient (Wildman–Crippen LogP) is 1.69. The van der Waals surface area contributed by atoms with Crippen LogP contribution < -0.4 is 10.6 Å². The van der Waals surface area contributed by atoms with Crippen LogP contribution in [0.25, 0.3) is 0 Å². The van der Waals surface area contributed by atoms with E-state index in [1.807, 2.05) is 6.92 Å². The van der Waals surface area contributed by atoms with Gasteiger partial charge in [0.25, 0.3) is 0 Å². The highest BCUT2D eigenvalue weighted by molar-refractivity contribution is 5.86. The molecule has 0 aromatic rings. The molecule has 1 rings (SSSR count). The summed E-state index contributed by atoms with van der Waals surface area (Å²) in [5, 5.41) is 5.65. The number of ether oxygens (including phenoxy) is 2. The van der Waals surface area contributed by atoms with Gasteiger partial charge in [0.15, 0.2) is 5.78 Å². The van der Waals surface area contributed by atoms with E-state index in [2.05, 4.69) is 10.6 Å². The van der Waals surface area contributed by atoms with E-state index in [4.69, 9.17) is 9.47 Å². The van der Waals surface area contributed by atoms with Crippen molar-refractivity contribution in [1.82, 2.24) is 10.6 Å². The molecule has 0 atom stereocenters. The van der Waals surface area contributed by atoms with Crippen LogP contribution in [0.5, 0.6) is 0 Å². The minimum absolute atomic E-state index is 0. The molecule has 0 bridgehead atoms. The lowest BCUT2D eigenvalue weighted by Crippen LogP contribution is -2.42. The number of rotatable bonds is 12. The lowest BCUT2D eigenvalue weighted by Gasteiger charge is -2.28. The third-order valence-electron chi connectivity index (χ3n) is 4.27. The smallest absolute Gasteiger partial charge is 0.246 e. The van der Waals surface area contributed by atoms with Crippen molar-refractivity contribution in [2.75, 3.05) is 33.0 Å². The van der Waals surface area contributed by atoms with Crippen LogP contribution in [0, 0.1) is 5.92 Å². The number of carbonyl (C=O) groups is 3. The number of ketones is 1. The van der Waals surface area contributed by atoms with Crippen molar-refractivity contribution in [3.05, 3.63) is 0 Å². The summed E-state index contributed by atoms with van der Waals surface area (Å²) in [6, 6.07) is 0.0914. The molecule has 1 fully saturated rings. The molecule has 0 aromatic carbocycles. The van der Waals surface area contributed by atoms with Gasteiger partial charge in [-0.3, -0.25) is 14.4 Å². The molecule has 0 unspecified atom stereocenters. The first kappa shape index (κ1) is 21.6. The second kappa shape index (κ2) is 12.8. The highest BCUT2D eigenvalue weighted by Gasteiger charge is 2.27. The Hall–Kier alpha value is -1.47. The topological polar surface area (TPSA) is 93.7 Å². The molecule has 0 radical (unpaired) electrons. The molecule has 1 saturated carbocycles. The SMILES string of the molecule is CCCOCCOCC(=O)NC1CCC(C(=O)NCC(=O)CC)CC1.[HH].[HH]. The van der Waals surface area contributed by atoms with Crippen molar-refractivity contribution in [3.8, 4) is 0 Å². The molecule has 1 aliphatic rings. The Morgan fingerprint density at radius 1 is 1.00 bits per heavy atom. The Bertz CT molecular complexity index is 430. The van der Waals surface area contributed by atoms with E-state index < -0.39 is 0 Å². The van der Waals surface area contributed by atoms with E-state index in [0.29, 0.717) is 26.2 Å². The highest BCUT2D eigenvalue weighted by Crippen LogP contribution is 2.24. The van der Waals surface area contributed by atoms with E-state index in [0.717, 1.165) is 32.1 Å². The van der Waals surface area contributed by atoms with Gasteiger partial charge in [-0.15, -0.1) is 0 Å². The third-order valence-corrected chi connectivity index (χ3v) is 4.27. The molecule has 25 heavy (non-hydrogen) atoms. The van der Waals surface area contributed by atoms with Gasteiger partial charge in [0.1, 0.15) is 6.61 Å². The van der Waals surface area contributed by atoms with Crippen LogP contribution in [0.15, 0.2) is 0 Å². The second-order valence-corrected chi connectivity index (χ2v) is 6.39. The van der Waals surface area contributed by atoms with E-state index in [1.54, 1.807) is 6.92 Å². The Morgan fingerprint density at radius 3 is 2.32 bits per heavy atom. The van der Waals surface area contributed by atoms with E-state index >= 15 is 0 Å². The first-order valence-corrected chi connectivity index (χ1v) is 9.31. The Morgan fingerprint density at radius 2 is 1.68 bits per heavy atom. The summed E-state index contributed by atoms with van der Waals surface area (Å²) in [5.41, 5.74) is 0. The largest absolute Gasteiger partial charge is 0.379 e. The number of nitrogens with one attached hydrogen (secondary N) is 2. The molecule has 1 aliphatic carbocycles. The van der Waals surface area contributed by atoms with E-state index in [1.165, 1.54) is 0 Å². The van der Waals surface area contributed by atoms with Crippen molar-refractivity contribution in [2.24, 2.45) is 5.92 Å². The lowest BCUT2D eigenvalue weighted by atomic mass is 9.85. The summed E-state index contributed by atoms with van der Waals surface area (Å²) in [5.74, 6) is -0.210. The maximum Gasteiger partial charge on any atom is 0.246 e. The first-order valence-electron chi connectivity index (χ1n) is 9.31. The molecular weight excluding hydrogens is 324 g/mol. The number of amides is 2. The fourth-order valence-electron chi connectivity index (χ4n) is 2.75. The fraction of sp³-hybridized carbons (Fsp3) is 0.833. The molecule has 0 heterocycles. The molecule has 7 nitrogen and oxygen atoms in total. The van der Waals surface area contributed by atoms with Crippen LogP contribution in [-0.4, -0.2) is 56.6 Å². The number of Topliss-reactive ketones (excluding diaryl/α,β-unsaturated/α-hetero) is 1. The van der Waals surface area contributed by atoms with Crippen LogP contribution in [0.2, 0.25) is 0 Å². The summed E-state index contributed by atoms with van der Waals surface area (Å²) in [6.45, 7) is 5.60. The lowest BCUT2D eigenvalue weighted by molar-refractivity contribution is -0.129. The molecule has 2 N–H and O–H groups in total. The number of hydrogen-bond acceptors (Lipinski definition) is 5. The van der Waals surface area contributed by atoms with E-state index in [9.17, 15) is 14.4 Å². The van der Waals surface area contributed by atoms with Gasteiger partial charge in [0, 0.05) is 27.8 Å². The van der Waals surface area contributed by atoms with Crippen molar-refractivity contribution in [2.45, 2.75) is 58.4 Å². The van der Waals surface area contributed by atoms with Gasteiger partial charge < -0.3 is 20.1 Å². The summed E-state index contributed by atoms with van der Waals surface area (Å²) in [4.78, 5) is 35.1. The van der Waals surface area contributed by atoms with Gasteiger partial charge in [0.2, 0.25) is 11.8 Å². The van der Waals surface area contributed by atoms with E-state index in [-0.39, 0.29) is 45.6 Å².